The summed E-state index contributed by atoms with van der Waals surface area (Å²) in [6.07, 6.45) is 4.78. The van der Waals surface area contributed by atoms with E-state index in [1.165, 1.54) is 0 Å². The fourth-order valence-corrected chi connectivity index (χ4v) is 2.35. The van der Waals surface area contributed by atoms with Crippen LogP contribution in [0.2, 0.25) is 0 Å². The van der Waals surface area contributed by atoms with E-state index in [1.54, 1.807) is 6.20 Å². The minimum absolute atomic E-state index is 0. The first kappa shape index (κ1) is 23.3. The van der Waals surface area contributed by atoms with Crippen molar-refractivity contribution in [3.05, 3.63) is 48.3 Å². The van der Waals surface area contributed by atoms with Crippen molar-refractivity contribution in [2.45, 2.75) is 40.3 Å². The predicted molar refractivity (Wildman–Crippen MR) is 122 cm³/mol. The quantitative estimate of drug-likeness (QED) is 0.233. The molecule has 0 unspecified atom stereocenters. The summed E-state index contributed by atoms with van der Waals surface area (Å²) in [5, 5.41) is 10.9. The van der Waals surface area contributed by atoms with Crippen LogP contribution in [0.15, 0.2) is 47.7 Å². The zero-order valence-electron chi connectivity index (χ0n) is 16.5. The van der Waals surface area contributed by atoms with Gasteiger partial charge in [-0.1, -0.05) is 26.0 Å². The molecule has 0 aliphatic carbocycles. The van der Waals surface area contributed by atoms with Gasteiger partial charge < -0.3 is 15.4 Å². The smallest absolute Gasteiger partial charge is 0.191 e. The number of benzene rings is 1. The van der Waals surface area contributed by atoms with Crippen molar-refractivity contribution >= 4 is 29.9 Å². The summed E-state index contributed by atoms with van der Waals surface area (Å²) in [6.45, 7) is 10.3. The largest absolute Gasteiger partial charge is 0.493 e. The monoisotopic (exact) mass is 485 g/mol. The van der Waals surface area contributed by atoms with Gasteiger partial charge in [0.1, 0.15) is 5.75 Å². The summed E-state index contributed by atoms with van der Waals surface area (Å²) in [5.74, 6) is 2.28. The van der Waals surface area contributed by atoms with Crippen molar-refractivity contribution in [2.24, 2.45) is 10.9 Å². The van der Waals surface area contributed by atoms with Crippen molar-refractivity contribution in [1.82, 2.24) is 20.4 Å². The third-order valence-electron chi connectivity index (χ3n) is 3.69. The zero-order valence-corrected chi connectivity index (χ0v) is 18.8. The van der Waals surface area contributed by atoms with Crippen molar-refractivity contribution in [3.8, 4) is 5.75 Å². The molecule has 27 heavy (non-hydrogen) atoms. The molecule has 0 radical (unpaired) electrons. The van der Waals surface area contributed by atoms with Crippen LogP contribution < -0.4 is 15.4 Å². The Morgan fingerprint density at radius 1 is 1.22 bits per heavy atom. The molecule has 0 fully saturated rings. The number of aliphatic imine (C=N–C) groups is 1. The Bertz CT molecular complexity index is 641. The van der Waals surface area contributed by atoms with Gasteiger partial charge in [-0.3, -0.25) is 4.68 Å². The van der Waals surface area contributed by atoms with E-state index in [9.17, 15) is 0 Å². The molecule has 1 aromatic carbocycles. The molecular weight excluding hydrogens is 453 g/mol. The van der Waals surface area contributed by atoms with Crippen molar-refractivity contribution < 1.29 is 4.74 Å². The number of hydrogen-bond donors (Lipinski definition) is 2. The zero-order chi connectivity index (χ0) is 18.6. The highest BCUT2D eigenvalue weighted by Gasteiger charge is 2.00. The Hall–Kier alpha value is -1.77. The molecule has 2 aromatic rings. The van der Waals surface area contributed by atoms with Gasteiger partial charge >= 0.3 is 0 Å². The fourth-order valence-electron chi connectivity index (χ4n) is 2.35. The lowest BCUT2D eigenvalue weighted by Crippen LogP contribution is -2.38. The molecule has 0 saturated carbocycles. The molecule has 0 aliphatic heterocycles. The molecule has 2 N–H and O–H groups in total. The second-order valence-corrected chi connectivity index (χ2v) is 6.59. The van der Waals surface area contributed by atoms with E-state index in [-0.39, 0.29) is 24.0 Å². The SMILES string of the molecule is CCNC(=NCc1ccc(OCC(C)C)cc1)NCCCn1cccn1.I. The van der Waals surface area contributed by atoms with Gasteiger partial charge in [-0.05, 0) is 43.0 Å². The van der Waals surface area contributed by atoms with E-state index in [0.717, 1.165) is 49.9 Å². The topological polar surface area (TPSA) is 63.5 Å². The number of aryl methyl sites for hydroxylation is 1. The minimum atomic E-state index is 0. The van der Waals surface area contributed by atoms with E-state index in [4.69, 9.17) is 4.74 Å². The highest BCUT2D eigenvalue weighted by Crippen LogP contribution is 2.13. The fraction of sp³-hybridized carbons (Fsp3) is 0.500. The van der Waals surface area contributed by atoms with Crippen LogP contribution in [0.3, 0.4) is 0 Å². The first-order valence-corrected chi connectivity index (χ1v) is 9.38. The number of nitrogens with one attached hydrogen (secondary N) is 2. The number of ether oxygens (including phenoxy) is 1. The Morgan fingerprint density at radius 3 is 2.63 bits per heavy atom. The number of hydrogen-bond acceptors (Lipinski definition) is 3. The number of halogens is 1. The van der Waals surface area contributed by atoms with Crippen LogP contribution in [0.4, 0.5) is 0 Å². The Labute approximate surface area is 179 Å². The molecule has 0 atom stereocenters. The summed E-state index contributed by atoms with van der Waals surface area (Å²) in [5.41, 5.74) is 1.16. The van der Waals surface area contributed by atoms with Crippen LogP contribution in [0.1, 0.15) is 32.8 Å². The third-order valence-corrected chi connectivity index (χ3v) is 3.69. The number of guanidine groups is 1. The van der Waals surface area contributed by atoms with Crippen LogP contribution in [0.5, 0.6) is 5.75 Å². The Morgan fingerprint density at radius 2 is 2.00 bits per heavy atom. The van der Waals surface area contributed by atoms with Gasteiger partial charge in [0.15, 0.2) is 5.96 Å². The normalized spacial score (nSPS) is 11.2. The van der Waals surface area contributed by atoms with E-state index in [0.29, 0.717) is 12.5 Å². The van der Waals surface area contributed by atoms with Crippen LogP contribution in [-0.4, -0.2) is 35.4 Å². The summed E-state index contributed by atoms with van der Waals surface area (Å²) >= 11 is 0. The van der Waals surface area contributed by atoms with Crippen LogP contribution >= 0.6 is 24.0 Å². The lowest BCUT2D eigenvalue weighted by molar-refractivity contribution is 0.271. The first-order valence-electron chi connectivity index (χ1n) is 9.38. The van der Waals surface area contributed by atoms with Crippen LogP contribution in [0, 0.1) is 5.92 Å². The van der Waals surface area contributed by atoms with Gasteiger partial charge in [0.25, 0.3) is 0 Å². The van der Waals surface area contributed by atoms with Crippen molar-refractivity contribution in [3.63, 3.8) is 0 Å². The Balaban J connectivity index is 0.00000364. The van der Waals surface area contributed by atoms with Gasteiger partial charge in [-0.2, -0.15) is 5.10 Å². The molecule has 0 bridgehead atoms. The highest BCUT2D eigenvalue weighted by molar-refractivity contribution is 14.0. The van der Waals surface area contributed by atoms with Gasteiger partial charge in [0.05, 0.1) is 13.2 Å². The maximum Gasteiger partial charge on any atom is 0.191 e. The molecule has 0 saturated heterocycles. The van der Waals surface area contributed by atoms with E-state index >= 15 is 0 Å². The highest BCUT2D eigenvalue weighted by atomic mass is 127. The number of aromatic nitrogens is 2. The van der Waals surface area contributed by atoms with Crippen molar-refractivity contribution in [1.29, 1.82) is 0 Å². The van der Waals surface area contributed by atoms with E-state index in [2.05, 4.69) is 53.6 Å². The lowest BCUT2D eigenvalue weighted by atomic mass is 10.2. The van der Waals surface area contributed by atoms with E-state index in [1.807, 2.05) is 29.1 Å². The molecule has 0 amide bonds. The Kier molecular flexibility index (Phi) is 11.6. The molecule has 6 nitrogen and oxygen atoms in total. The number of nitrogens with zero attached hydrogens (tertiary/aromatic N) is 3. The van der Waals surface area contributed by atoms with E-state index < -0.39 is 0 Å². The molecule has 0 aliphatic rings. The molecule has 1 aromatic heterocycles. The minimum Gasteiger partial charge on any atom is -0.493 e. The summed E-state index contributed by atoms with van der Waals surface area (Å²) in [7, 11) is 0. The summed E-state index contributed by atoms with van der Waals surface area (Å²) in [6, 6.07) is 10.1. The van der Waals surface area contributed by atoms with Gasteiger partial charge in [0, 0.05) is 32.0 Å². The summed E-state index contributed by atoms with van der Waals surface area (Å²) < 4.78 is 7.65. The second kappa shape index (κ2) is 13.4. The molecule has 150 valence electrons. The standard InChI is InChI=1S/C20H31N5O.HI/c1-4-21-20(22-11-5-13-25-14-6-12-24-25)23-15-18-7-9-19(10-8-18)26-16-17(2)3;/h6-10,12,14,17H,4-5,11,13,15-16H2,1-3H3,(H2,21,22,23);1H. The average molecular weight is 485 g/mol. The van der Waals surface area contributed by atoms with Gasteiger partial charge in [-0.25, -0.2) is 4.99 Å². The number of rotatable bonds is 10. The van der Waals surface area contributed by atoms with Gasteiger partial charge in [-0.15, -0.1) is 24.0 Å². The average Bonchev–Trinajstić information content (AvgIpc) is 3.15. The maximum absolute atomic E-state index is 5.72. The molecular formula is C20H32IN5O. The van der Waals surface area contributed by atoms with Crippen LogP contribution in [0.25, 0.3) is 0 Å². The van der Waals surface area contributed by atoms with Crippen molar-refractivity contribution in [2.75, 3.05) is 19.7 Å². The molecule has 0 spiro atoms. The second-order valence-electron chi connectivity index (χ2n) is 6.59. The summed E-state index contributed by atoms with van der Waals surface area (Å²) in [4.78, 5) is 4.65. The molecule has 1 heterocycles. The molecule has 2 rings (SSSR count). The first-order chi connectivity index (χ1) is 12.7. The third kappa shape index (κ3) is 9.65. The van der Waals surface area contributed by atoms with Gasteiger partial charge in [0.2, 0.25) is 0 Å². The lowest BCUT2D eigenvalue weighted by Gasteiger charge is -2.12. The maximum atomic E-state index is 5.72. The predicted octanol–water partition coefficient (Wildman–Crippen LogP) is 3.68. The van der Waals surface area contributed by atoms with Crippen LogP contribution in [-0.2, 0) is 13.1 Å². The molecule has 7 heteroatoms.